The molecule has 0 aliphatic rings. The fourth-order valence-electron chi connectivity index (χ4n) is 3.49. The number of carbonyl (C=O) groups is 2. The molecule has 0 aliphatic carbocycles. The fraction of sp³-hybridized carbons (Fsp3) is 0.462. The number of ether oxygens (including phenoxy) is 1. The zero-order chi connectivity index (χ0) is 23.9. The summed E-state index contributed by atoms with van der Waals surface area (Å²) in [5.74, 6) is 0.235. The number of aryl methyl sites for hydroxylation is 1. The van der Waals surface area contributed by atoms with Crippen molar-refractivity contribution in [1.82, 2.24) is 10.2 Å². The zero-order valence-corrected chi connectivity index (χ0v) is 21.6. The Hall–Kier alpha value is -2.34. The number of nitrogens with zero attached hydrogens (tertiary/aromatic N) is 1. The lowest BCUT2D eigenvalue weighted by Gasteiger charge is -2.31. The van der Waals surface area contributed by atoms with E-state index < -0.39 is 6.04 Å². The monoisotopic (exact) mass is 502 g/mol. The average molecular weight is 503 g/mol. The fourth-order valence-corrected chi connectivity index (χ4v) is 3.98. The molecule has 174 valence electrons. The Morgan fingerprint density at radius 2 is 1.81 bits per heavy atom. The van der Waals surface area contributed by atoms with E-state index in [1.165, 1.54) is 5.56 Å². The molecular weight excluding hydrogens is 468 g/mol. The summed E-state index contributed by atoms with van der Waals surface area (Å²) in [5.41, 5.74) is 3.28. The molecule has 0 spiro atoms. The van der Waals surface area contributed by atoms with Crippen LogP contribution in [0.1, 0.15) is 57.7 Å². The highest BCUT2D eigenvalue weighted by Crippen LogP contribution is 2.31. The van der Waals surface area contributed by atoms with Gasteiger partial charge in [0.05, 0.1) is 4.47 Å². The van der Waals surface area contributed by atoms with Crippen molar-refractivity contribution in [3.05, 3.63) is 63.6 Å². The summed E-state index contributed by atoms with van der Waals surface area (Å²) in [6.07, 6.45) is 0.521. The van der Waals surface area contributed by atoms with Crippen molar-refractivity contribution in [3.63, 3.8) is 0 Å². The van der Waals surface area contributed by atoms with Crippen molar-refractivity contribution < 1.29 is 14.3 Å². The molecule has 0 bridgehead atoms. The van der Waals surface area contributed by atoms with Gasteiger partial charge in [-0.15, -0.1) is 0 Å². The summed E-state index contributed by atoms with van der Waals surface area (Å²) in [7, 11) is 0. The quantitative estimate of drug-likeness (QED) is 0.500. The molecule has 5 nitrogen and oxygen atoms in total. The Morgan fingerprint density at radius 3 is 2.38 bits per heavy atom. The van der Waals surface area contributed by atoms with Crippen LogP contribution < -0.4 is 10.1 Å². The van der Waals surface area contributed by atoms with Gasteiger partial charge in [-0.2, -0.15) is 0 Å². The third kappa shape index (κ3) is 6.83. The summed E-state index contributed by atoms with van der Waals surface area (Å²) in [6, 6.07) is 13.3. The van der Waals surface area contributed by atoms with Gasteiger partial charge in [-0.25, -0.2) is 0 Å². The lowest BCUT2D eigenvalue weighted by molar-refractivity contribution is -0.142. The number of rotatable bonds is 9. The minimum absolute atomic E-state index is 0.0161. The first kappa shape index (κ1) is 25.9. The summed E-state index contributed by atoms with van der Waals surface area (Å²) in [4.78, 5) is 27.6. The van der Waals surface area contributed by atoms with E-state index in [9.17, 15) is 9.59 Å². The molecule has 32 heavy (non-hydrogen) atoms. The molecule has 2 aromatic rings. The molecule has 2 aromatic carbocycles. The van der Waals surface area contributed by atoms with Crippen molar-refractivity contribution in [2.24, 2.45) is 0 Å². The molecule has 1 unspecified atom stereocenters. The van der Waals surface area contributed by atoms with Gasteiger partial charge in [0.2, 0.25) is 5.91 Å². The Kier molecular flexibility index (Phi) is 9.32. The number of likely N-dealkylation sites (N-methyl/N-ethyl adjacent to an activating group) is 1. The lowest BCUT2D eigenvalue weighted by Crippen LogP contribution is -2.50. The molecule has 0 saturated carbocycles. The molecule has 0 aliphatic heterocycles. The van der Waals surface area contributed by atoms with Crippen LogP contribution >= 0.6 is 15.9 Å². The number of benzene rings is 2. The van der Waals surface area contributed by atoms with Crippen LogP contribution in [0.15, 0.2) is 46.9 Å². The predicted molar refractivity (Wildman–Crippen MR) is 133 cm³/mol. The number of hydrogen-bond acceptors (Lipinski definition) is 3. The minimum Gasteiger partial charge on any atom is -0.483 e. The highest BCUT2D eigenvalue weighted by molar-refractivity contribution is 9.10. The number of carbonyl (C=O) groups excluding carboxylic acids is 2. The van der Waals surface area contributed by atoms with E-state index in [1.54, 1.807) is 4.90 Å². The molecule has 1 atom stereocenters. The number of amides is 2. The van der Waals surface area contributed by atoms with Crippen LogP contribution in [0.25, 0.3) is 0 Å². The first-order valence-corrected chi connectivity index (χ1v) is 11.9. The van der Waals surface area contributed by atoms with Gasteiger partial charge in [0.1, 0.15) is 11.8 Å². The van der Waals surface area contributed by atoms with Crippen molar-refractivity contribution >= 4 is 27.7 Å². The Balaban J connectivity index is 2.24. The first-order valence-electron chi connectivity index (χ1n) is 11.1. The normalized spacial score (nSPS) is 12.2. The second-order valence-corrected chi connectivity index (χ2v) is 9.80. The lowest BCUT2D eigenvalue weighted by atomic mass is 9.87. The van der Waals surface area contributed by atoms with Crippen LogP contribution in [0.5, 0.6) is 5.75 Å². The standard InChI is InChI=1S/C26H35BrN2O3/c1-7-22(25(31)28-8-2)29(16-19-12-10-9-11-18(19)3)24(30)17-32-23-14-13-20(15-21(23)27)26(4,5)6/h9-15,22H,7-8,16-17H2,1-6H3,(H,28,31). The zero-order valence-electron chi connectivity index (χ0n) is 20.0. The van der Waals surface area contributed by atoms with Crippen molar-refractivity contribution in [1.29, 1.82) is 0 Å². The van der Waals surface area contributed by atoms with Gasteiger partial charge < -0.3 is 15.0 Å². The SMILES string of the molecule is CCNC(=O)C(CC)N(Cc1ccccc1C)C(=O)COc1ccc(C(C)(C)C)cc1Br. The van der Waals surface area contributed by atoms with Gasteiger partial charge in [0.15, 0.2) is 6.61 Å². The van der Waals surface area contributed by atoms with E-state index in [1.807, 2.05) is 63.2 Å². The molecular formula is C26H35BrN2O3. The van der Waals surface area contributed by atoms with E-state index in [-0.39, 0.29) is 23.8 Å². The van der Waals surface area contributed by atoms with Gasteiger partial charge in [0, 0.05) is 13.1 Å². The van der Waals surface area contributed by atoms with E-state index in [2.05, 4.69) is 42.0 Å². The number of hydrogen-bond donors (Lipinski definition) is 1. The highest BCUT2D eigenvalue weighted by atomic mass is 79.9. The molecule has 0 aromatic heterocycles. The molecule has 0 heterocycles. The molecule has 2 rings (SSSR count). The maximum absolute atomic E-state index is 13.3. The highest BCUT2D eigenvalue weighted by Gasteiger charge is 2.29. The largest absolute Gasteiger partial charge is 0.483 e. The Morgan fingerprint density at radius 1 is 1.12 bits per heavy atom. The first-order chi connectivity index (χ1) is 15.1. The summed E-state index contributed by atoms with van der Waals surface area (Å²) >= 11 is 3.56. The Labute approximate surface area is 200 Å². The summed E-state index contributed by atoms with van der Waals surface area (Å²) in [5, 5.41) is 2.85. The van der Waals surface area contributed by atoms with Crippen molar-refractivity contribution in [2.75, 3.05) is 13.2 Å². The van der Waals surface area contributed by atoms with E-state index in [0.29, 0.717) is 25.3 Å². The van der Waals surface area contributed by atoms with Crippen LogP contribution in [0.4, 0.5) is 0 Å². The predicted octanol–water partition coefficient (Wildman–Crippen LogP) is 5.38. The maximum Gasteiger partial charge on any atom is 0.261 e. The van der Waals surface area contributed by atoms with Gasteiger partial charge >= 0.3 is 0 Å². The Bertz CT molecular complexity index is 937. The van der Waals surface area contributed by atoms with Gasteiger partial charge in [-0.1, -0.05) is 58.0 Å². The van der Waals surface area contributed by atoms with E-state index in [0.717, 1.165) is 15.6 Å². The third-order valence-corrected chi connectivity index (χ3v) is 6.11. The number of nitrogens with one attached hydrogen (secondary N) is 1. The second kappa shape index (κ2) is 11.5. The van der Waals surface area contributed by atoms with Crippen LogP contribution in [0.3, 0.4) is 0 Å². The van der Waals surface area contributed by atoms with Crippen LogP contribution in [-0.4, -0.2) is 35.9 Å². The van der Waals surface area contributed by atoms with Crippen LogP contribution in [0, 0.1) is 6.92 Å². The maximum atomic E-state index is 13.3. The molecule has 6 heteroatoms. The van der Waals surface area contributed by atoms with Crippen molar-refractivity contribution in [3.8, 4) is 5.75 Å². The van der Waals surface area contributed by atoms with Gasteiger partial charge in [-0.05, 0) is 70.4 Å². The van der Waals surface area contributed by atoms with Crippen molar-refractivity contribution in [2.45, 2.75) is 66.0 Å². The smallest absolute Gasteiger partial charge is 0.261 e. The number of halogens is 1. The molecule has 2 amide bonds. The summed E-state index contributed by atoms with van der Waals surface area (Å²) in [6.45, 7) is 13.0. The van der Waals surface area contributed by atoms with Gasteiger partial charge in [-0.3, -0.25) is 9.59 Å². The van der Waals surface area contributed by atoms with E-state index >= 15 is 0 Å². The van der Waals surface area contributed by atoms with Crippen LogP contribution in [0.2, 0.25) is 0 Å². The molecule has 0 fully saturated rings. The average Bonchev–Trinajstić information content (AvgIpc) is 2.73. The minimum atomic E-state index is -0.558. The second-order valence-electron chi connectivity index (χ2n) is 8.95. The summed E-state index contributed by atoms with van der Waals surface area (Å²) < 4.78 is 6.68. The molecule has 0 radical (unpaired) electrons. The molecule has 0 saturated heterocycles. The topological polar surface area (TPSA) is 58.6 Å². The molecule has 1 N–H and O–H groups in total. The van der Waals surface area contributed by atoms with Crippen LogP contribution in [-0.2, 0) is 21.5 Å². The van der Waals surface area contributed by atoms with Gasteiger partial charge in [0.25, 0.3) is 5.91 Å². The third-order valence-electron chi connectivity index (χ3n) is 5.49. The van der Waals surface area contributed by atoms with E-state index in [4.69, 9.17) is 4.74 Å².